The molecule has 0 radical (unpaired) electrons. The van der Waals surface area contributed by atoms with Gasteiger partial charge in [0.2, 0.25) is 12.7 Å². The highest BCUT2D eigenvalue weighted by Crippen LogP contribution is 2.36. The van der Waals surface area contributed by atoms with Crippen molar-refractivity contribution in [2.45, 2.75) is 25.7 Å². The fourth-order valence-corrected chi connectivity index (χ4v) is 2.75. The minimum atomic E-state index is -0.150. The van der Waals surface area contributed by atoms with E-state index < -0.39 is 0 Å². The quantitative estimate of drug-likeness (QED) is 0.880. The summed E-state index contributed by atoms with van der Waals surface area (Å²) in [5.41, 5.74) is 0.986. The largest absolute Gasteiger partial charge is 0.454 e. The minimum Gasteiger partial charge on any atom is -0.454 e. The Morgan fingerprint density at radius 1 is 1.38 bits per heavy atom. The van der Waals surface area contributed by atoms with Crippen molar-refractivity contribution in [3.8, 4) is 11.5 Å². The molecular formula is C16H22N2O3. The highest BCUT2D eigenvalue weighted by atomic mass is 16.7. The zero-order valence-electron chi connectivity index (χ0n) is 12.6. The highest BCUT2D eigenvalue weighted by Gasteiger charge is 2.27. The van der Waals surface area contributed by atoms with Crippen molar-refractivity contribution >= 4 is 5.91 Å². The predicted molar refractivity (Wildman–Crippen MR) is 79.6 cm³/mol. The van der Waals surface area contributed by atoms with Crippen LogP contribution in [0.5, 0.6) is 11.5 Å². The molecule has 114 valence electrons. The van der Waals surface area contributed by atoms with Crippen LogP contribution in [0.2, 0.25) is 0 Å². The van der Waals surface area contributed by atoms with Crippen LogP contribution in [0.4, 0.5) is 0 Å². The number of ether oxygens (including phenoxy) is 2. The summed E-state index contributed by atoms with van der Waals surface area (Å²) in [5.74, 6) is 1.83. The first-order valence-electron chi connectivity index (χ1n) is 7.45. The van der Waals surface area contributed by atoms with E-state index in [0.717, 1.165) is 36.6 Å². The van der Waals surface area contributed by atoms with Gasteiger partial charge in [0, 0.05) is 18.5 Å². The standard InChI is InChI=1S/C16H22N2O3/c1-16(2,9-18-15(19)11-5-6-17-8-11)12-3-4-13-14(7-12)21-10-20-13/h3-4,7,11,17H,5-6,8-10H2,1-2H3,(H,18,19). The van der Waals surface area contributed by atoms with E-state index in [2.05, 4.69) is 24.5 Å². The lowest BCUT2D eigenvalue weighted by Crippen LogP contribution is -2.40. The van der Waals surface area contributed by atoms with Crippen LogP contribution in [-0.2, 0) is 10.2 Å². The smallest absolute Gasteiger partial charge is 0.231 e. The predicted octanol–water partition coefficient (Wildman–Crippen LogP) is 1.42. The van der Waals surface area contributed by atoms with Crippen LogP contribution < -0.4 is 20.1 Å². The second-order valence-corrected chi connectivity index (χ2v) is 6.36. The Morgan fingerprint density at radius 2 is 2.19 bits per heavy atom. The molecule has 1 amide bonds. The normalized spacial score (nSPS) is 20.6. The molecule has 0 aliphatic carbocycles. The van der Waals surface area contributed by atoms with Crippen LogP contribution in [0.15, 0.2) is 18.2 Å². The number of hydrogen-bond acceptors (Lipinski definition) is 4. The summed E-state index contributed by atoms with van der Waals surface area (Å²) in [6, 6.07) is 5.98. The number of carbonyl (C=O) groups excluding carboxylic acids is 1. The molecule has 1 aromatic carbocycles. The molecule has 2 aliphatic heterocycles. The zero-order chi connectivity index (χ0) is 14.9. The molecule has 0 aromatic heterocycles. The van der Waals surface area contributed by atoms with Crippen molar-refractivity contribution in [2.24, 2.45) is 5.92 Å². The second kappa shape index (κ2) is 5.56. The third-order valence-electron chi connectivity index (χ3n) is 4.29. The summed E-state index contributed by atoms with van der Waals surface area (Å²) in [7, 11) is 0. The first kappa shape index (κ1) is 14.2. The molecule has 1 unspecified atom stereocenters. The van der Waals surface area contributed by atoms with Crippen molar-refractivity contribution < 1.29 is 14.3 Å². The molecule has 5 nitrogen and oxygen atoms in total. The van der Waals surface area contributed by atoms with E-state index >= 15 is 0 Å². The molecule has 3 rings (SSSR count). The lowest BCUT2D eigenvalue weighted by Gasteiger charge is -2.26. The van der Waals surface area contributed by atoms with Crippen LogP contribution in [0.1, 0.15) is 25.8 Å². The van der Waals surface area contributed by atoms with Crippen LogP contribution in [-0.4, -0.2) is 32.3 Å². The van der Waals surface area contributed by atoms with Gasteiger partial charge in [0.05, 0.1) is 5.92 Å². The Kier molecular flexibility index (Phi) is 3.76. The lowest BCUT2D eigenvalue weighted by molar-refractivity contribution is -0.124. The van der Waals surface area contributed by atoms with Crippen molar-refractivity contribution in [1.82, 2.24) is 10.6 Å². The van der Waals surface area contributed by atoms with Gasteiger partial charge in [-0.25, -0.2) is 0 Å². The van der Waals surface area contributed by atoms with Crippen molar-refractivity contribution in [1.29, 1.82) is 0 Å². The molecule has 1 fully saturated rings. The first-order chi connectivity index (χ1) is 10.1. The Labute approximate surface area is 125 Å². The molecule has 21 heavy (non-hydrogen) atoms. The molecule has 2 aliphatic rings. The second-order valence-electron chi connectivity index (χ2n) is 6.36. The van der Waals surface area contributed by atoms with Gasteiger partial charge in [-0.3, -0.25) is 4.79 Å². The van der Waals surface area contributed by atoms with Crippen LogP contribution in [0.3, 0.4) is 0 Å². The zero-order valence-corrected chi connectivity index (χ0v) is 12.6. The highest BCUT2D eigenvalue weighted by molar-refractivity contribution is 5.79. The molecule has 0 saturated carbocycles. The van der Waals surface area contributed by atoms with Crippen LogP contribution in [0.25, 0.3) is 0 Å². The maximum absolute atomic E-state index is 12.1. The average Bonchev–Trinajstić information content (AvgIpc) is 3.14. The van der Waals surface area contributed by atoms with Gasteiger partial charge in [-0.15, -0.1) is 0 Å². The Morgan fingerprint density at radius 3 is 2.95 bits per heavy atom. The van der Waals surface area contributed by atoms with Gasteiger partial charge in [0.25, 0.3) is 0 Å². The molecule has 0 bridgehead atoms. The van der Waals surface area contributed by atoms with Gasteiger partial charge in [-0.2, -0.15) is 0 Å². The van der Waals surface area contributed by atoms with Gasteiger partial charge in [0.15, 0.2) is 11.5 Å². The van der Waals surface area contributed by atoms with E-state index in [1.165, 1.54) is 0 Å². The molecule has 1 aromatic rings. The molecule has 2 N–H and O–H groups in total. The first-order valence-corrected chi connectivity index (χ1v) is 7.45. The van der Waals surface area contributed by atoms with Crippen molar-refractivity contribution in [3.63, 3.8) is 0 Å². The summed E-state index contributed by atoms with van der Waals surface area (Å²) in [4.78, 5) is 12.1. The maximum Gasteiger partial charge on any atom is 0.231 e. The molecule has 0 spiro atoms. The average molecular weight is 290 g/mol. The van der Waals surface area contributed by atoms with E-state index in [4.69, 9.17) is 9.47 Å². The van der Waals surface area contributed by atoms with E-state index in [9.17, 15) is 4.79 Å². The fourth-order valence-electron chi connectivity index (χ4n) is 2.75. The summed E-state index contributed by atoms with van der Waals surface area (Å²) >= 11 is 0. The van der Waals surface area contributed by atoms with Gasteiger partial charge < -0.3 is 20.1 Å². The van der Waals surface area contributed by atoms with Gasteiger partial charge in [-0.05, 0) is 30.7 Å². The lowest BCUT2D eigenvalue weighted by atomic mass is 9.84. The molecule has 2 heterocycles. The summed E-state index contributed by atoms with van der Waals surface area (Å²) in [5, 5.41) is 6.30. The number of nitrogens with one attached hydrogen (secondary N) is 2. The number of hydrogen-bond donors (Lipinski definition) is 2. The minimum absolute atomic E-state index is 0.109. The SMILES string of the molecule is CC(C)(CNC(=O)C1CCNC1)c1ccc2c(c1)OCO2. The Balaban J connectivity index is 1.64. The van der Waals surface area contributed by atoms with E-state index in [-0.39, 0.29) is 24.0 Å². The monoisotopic (exact) mass is 290 g/mol. The third-order valence-corrected chi connectivity index (χ3v) is 4.29. The maximum atomic E-state index is 12.1. The Bertz CT molecular complexity index is 536. The van der Waals surface area contributed by atoms with Crippen molar-refractivity contribution in [2.75, 3.05) is 26.4 Å². The molecule has 5 heteroatoms. The third kappa shape index (κ3) is 2.97. The summed E-state index contributed by atoms with van der Waals surface area (Å²) in [6.45, 7) is 6.86. The summed E-state index contributed by atoms with van der Waals surface area (Å²) in [6.07, 6.45) is 0.927. The van der Waals surface area contributed by atoms with Crippen molar-refractivity contribution in [3.05, 3.63) is 23.8 Å². The molecule has 1 saturated heterocycles. The van der Waals surface area contributed by atoms with E-state index in [0.29, 0.717) is 6.54 Å². The number of rotatable bonds is 4. The molecular weight excluding hydrogens is 268 g/mol. The molecule has 1 atom stereocenters. The van der Waals surface area contributed by atoms with E-state index in [1.54, 1.807) is 0 Å². The number of fused-ring (bicyclic) bond motifs is 1. The number of benzene rings is 1. The Hall–Kier alpha value is -1.75. The topological polar surface area (TPSA) is 59.6 Å². The van der Waals surface area contributed by atoms with Gasteiger partial charge in [-0.1, -0.05) is 19.9 Å². The van der Waals surface area contributed by atoms with E-state index in [1.807, 2.05) is 18.2 Å². The van der Waals surface area contributed by atoms with Crippen LogP contribution in [0, 0.1) is 5.92 Å². The number of carbonyl (C=O) groups is 1. The van der Waals surface area contributed by atoms with Gasteiger partial charge in [0.1, 0.15) is 0 Å². The summed E-state index contributed by atoms with van der Waals surface area (Å²) < 4.78 is 10.8. The van der Waals surface area contributed by atoms with Gasteiger partial charge >= 0.3 is 0 Å². The fraction of sp³-hybridized carbons (Fsp3) is 0.562. The number of amides is 1. The van der Waals surface area contributed by atoms with Crippen LogP contribution >= 0.6 is 0 Å².